The summed E-state index contributed by atoms with van der Waals surface area (Å²) in [5, 5.41) is 0.318. The number of benzene rings is 2. The number of fused-ring (bicyclic) bond motifs is 1. The number of likely N-dealkylation sites (tertiary alicyclic amines) is 1. The van der Waals surface area contributed by atoms with Gasteiger partial charge in [0.2, 0.25) is 11.2 Å². The van der Waals surface area contributed by atoms with E-state index in [1.807, 2.05) is 11.8 Å². The van der Waals surface area contributed by atoms with Gasteiger partial charge < -0.3 is 18.8 Å². The van der Waals surface area contributed by atoms with E-state index in [1.165, 1.54) is 30.5 Å². The molecular formula is C23H22FNO5. The van der Waals surface area contributed by atoms with E-state index in [1.54, 1.807) is 18.2 Å². The summed E-state index contributed by atoms with van der Waals surface area (Å²) in [7, 11) is 0. The summed E-state index contributed by atoms with van der Waals surface area (Å²) in [6, 6.07) is 10.3. The third kappa shape index (κ3) is 4.30. The van der Waals surface area contributed by atoms with Crippen molar-refractivity contribution in [2.75, 3.05) is 13.2 Å². The normalized spacial score (nSPS) is 16.5. The van der Waals surface area contributed by atoms with Crippen molar-refractivity contribution < 1.29 is 23.1 Å². The van der Waals surface area contributed by atoms with Crippen LogP contribution in [0.2, 0.25) is 0 Å². The fourth-order valence-electron chi connectivity index (χ4n) is 3.58. The lowest BCUT2D eigenvalue weighted by atomic mass is 10.0. The van der Waals surface area contributed by atoms with E-state index in [-0.39, 0.29) is 29.7 Å². The minimum Gasteiger partial charge on any atom is -0.484 e. The van der Waals surface area contributed by atoms with E-state index in [4.69, 9.17) is 13.9 Å². The number of ether oxygens (including phenoxy) is 2. The van der Waals surface area contributed by atoms with Crippen LogP contribution in [0.25, 0.3) is 11.0 Å². The van der Waals surface area contributed by atoms with Crippen LogP contribution in [0, 0.1) is 5.82 Å². The van der Waals surface area contributed by atoms with Crippen molar-refractivity contribution in [2.24, 2.45) is 0 Å². The lowest BCUT2D eigenvalue weighted by Crippen LogP contribution is -2.44. The number of halogens is 1. The van der Waals surface area contributed by atoms with Gasteiger partial charge in [-0.1, -0.05) is 0 Å². The SMILES string of the molecule is C[C@H]1CCCCN1C(=O)COc1ccc2c(=O)c(Oc3ccc(F)cc3)coc2c1. The molecule has 1 aliphatic rings. The van der Waals surface area contributed by atoms with Crippen LogP contribution in [0.15, 0.2) is 57.9 Å². The second-order valence-electron chi connectivity index (χ2n) is 7.36. The summed E-state index contributed by atoms with van der Waals surface area (Å²) in [5.41, 5.74) is -0.0342. The fraction of sp³-hybridized carbons (Fsp3) is 0.304. The molecule has 2 heterocycles. The van der Waals surface area contributed by atoms with Gasteiger partial charge in [0, 0.05) is 18.7 Å². The van der Waals surface area contributed by atoms with E-state index < -0.39 is 5.82 Å². The van der Waals surface area contributed by atoms with Gasteiger partial charge in [-0.3, -0.25) is 9.59 Å². The number of nitrogens with zero attached hydrogens (tertiary/aromatic N) is 1. The standard InChI is InChI=1S/C23H22FNO5/c1-15-4-2-3-11-25(15)22(26)14-28-18-9-10-19-20(12-18)29-13-21(23(19)27)30-17-7-5-16(24)6-8-17/h5-10,12-13,15H,2-4,11,14H2,1H3/t15-/m0/s1. The van der Waals surface area contributed by atoms with Gasteiger partial charge in [0.05, 0.1) is 5.39 Å². The molecule has 0 N–H and O–H groups in total. The lowest BCUT2D eigenvalue weighted by molar-refractivity contribution is -0.136. The van der Waals surface area contributed by atoms with E-state index in [9.17, 15) is 14.0 Å². The number of carbonyl (C=O) groups is 1. The minimum atomic E-state index is -0.395. The molecule has 0 bridgehead atoms. The van der Waals surface area contributed by atoms with Gasteiger partial charge in [0.1, 0.15) is 29.2 Å². The first-order valence-electron chi connectivity index (χ1n) is 9.92. The van der Waals surface area contributed by atoms with Gasteiger partial charge in [-0.2, -0.15) is 0 Å². The maximum atomic E-state index is 13.0. The van der Waals surface area contributed by atoms with Crippen LogP contribution < -0.4 is 14.9 Å². The summed E-state index contributed by atoms with van der Waals surface area (Å²) in [6.07, 6.45) is 4.37. The van der Waals surface area contributed by atoms with Crippen LogP contribution in [-0.4, -0.2) is 30.0 Å². The maximum absolute atomic E-state index is 13.0. The topological polar surface area (TPSA) is 69.0 Å². The zero-order valence-electron chi connectivity index (χ0n) is 16.6. The molecule has 4 rings (SSSR count). The number of hydrogen-bond acceptors (Lipinski definition) is 5. The van der Waals surface area contributed by atoms with Gasteiger partial charge in [0.15, 0.2) is 6.61 Å². The van der Waals surface area contributed by atoms with Crippen molar-refractivity contribution in [2.45, 2.75) is 32.2 Å². The second-order valence-corrected chi connectivity index (χ2v) is 7.36. The first-order valence-corrected chi connectivity index (χ1v) is 9.92. The molecular weight excluding hydrogens is 389 g/mol. The molecule has 0 unspecified atom stereocenters. The molecule has 30 heavy (non-hydrogen) atoms. The Morgan fingerprint density at radius 3 is 2.70 bits per heavy atom. The van der Waals surface area contributed by atoms with Crippen LogP contribution >= 0.6 is 0 Å². The minimum absolute atomic E-state index is 0.00274. The number of rotatable bonds is 5. The molecule has 7 heteroatoms. The monoisotopic (exact) mass is 411 g/mol. The lowest BCUT2D eigenvalue weighted by Gasteiger charge is -2.33. The van der Waals surface area contributed by atoms with Crippen LogP contribution in [0.4, 0.5) is 4.39 Å². The molecule has 1 amide bonds. The molecule has 0 saturated carbocycles. The van der Waals surface area contributed by atoms with E-state index >= 15 is 0 Å². The molecule has 2 aromatic carbocycles. The Morgan fingerprint density at radius 2 is 1.93 bits per heavy atom. The third-order valence-corrected chi connectivity index (χ3v) is 5.24. The van der Waals surface area contributed by atoms with Gasteiger partial charge in [-0.25, -0.2) is 4.39 Å². The Kier molecular flexibility index (Phi) is 5.70. The highest BCUT2D eigenvalue weighted by Gasteiger charge is 2.23. The van der Waals surface area contributed by atoms with E-state index in [2.05, 4.69) is 0 Å². The molecule has 1 aliphatic heterocycles. The largest absolute Gasteiger partial charge is 0.484 e. The molecule has 1 atom stereocenters. The summed E-state index contributed by atoms with van der Waals surface area (Å²) in [5.74, 6) is 0.321. The summed E-state index contributed by atoms with van der Waals surface area (Å²) >= 11 is 0. The van der Waals surface area contributed by atoms with Crippen LogP contribution in [-0.2, 0) is 4.79 Å². The highest BCUT2D eigenvalue weighted by molar-refractivity contribution is 5.80. The number of hydrogen-bond donors (Lipinski definition) is 0. The third-order valence-electron chi connectivity index (χ3n) is 5.24. The molecule has 6 nitrogen and oxygen atoms in total. The zero-order valence-corrected chi connectivity index (χ0v) is 16.6. The summed E-state index contributed by atoms with van der Waals surface area (Å²) in [6.45, 7) is 2.74. The molecule has 0 aliphatic carbocycles. The van der Waals surface area contributed by atoms with Gasteiger partial charge in [-0.15, -0.1) is 0 Å². The van der Waals surface area contributed by atoms with Crippen molar-refractivity contribution in [1.29, 1.82) is 0 Å². The molecule has 3 aromatic rings. The van der Waals surface area contributed by atoms with Crippen LogP contribution in [0.1, 0.15) is 26.2 Å². The predicted molar refractivity (Wildman–Crippen MR) is 109 cm³/mol. The predicted octanol–water partition coefficient (Wildman–Crippen LogP) is 4.50. The number of piperidine rings is 1. The Bertz CT molecular complexity index is 1110. The van der Waals surface area contributed by atoms with Gasteiger partial charge >= 0.3 is 0 Å². The molecule has 1 saturated heterocycles. The van der Waals surface area contributed by atoms with Gasteiger partial charge in [0.25, 0.3) is 5.91 Å². The van der Waals surface area contributed by atoms with Crippen molar-refractivity contribution in [3.8, 4) is 17.2 Å². The van der Waals surface area contributed by atoms with E-state index in [0.717, 1.165) is 25.8 Å². The smallest absolute Gasteiger partial charge is 0.260 e. The van der Waals surface area contributed by atoms with Crippen molar-refractivity contribution in [3.63, 3.8) is 0 Å². The second kappa shape index (κ2) is 8.57. The van der Waals surface area contributed by atoms with Crippen molar-refractivity contribution >= 4 is 16.9 Å². The molecule has 1 aromatic heterocycles. The highest BCUT2D eigenvalue weighted by Crippen LogP contribution is 2.24. The van der Waals surface area contributed by atoms with Gasteiger partial charge in [-0.05, 0) is 62.6 Å². The maximum Gasteiger partial charge on any atom is 0.260 e. The number of carbonyl (C=O) groups excluding carboxylic acids is 1. The Balaban J connectivity index is 1.47. The molecule has 0 spiro atoms. The van der Waals surface area contributed by atoms with Crippen LogP contribution in [0.5, 0.6) is 17.2 Å². The fourth-order valence-corrected chi connectivity index (χ4v) is 3.58. The molecule has 0 radical (unpaired) electrons. The Labute approximate surface area is 172 Å². The van der Waals surface area contributed by atoms with E-state index in [0.29, 0.717) is 22.5 Å². The highest BCUT2D eigenvalue weighted by atomic mass is 19.1. The van der Waals surface area contributed by atoms with Crippen molar-refractivity contribution in [3.05, 3.63) is 64.8 Å². The van der Waals surface area contributed by atoms with Crippen LogP contribution in [0.3, 0.4) is 0 Å². The Morgan fingerprint density at radius 1 is 1.17 bits per heavy atom. The summed E-state index contributed by atoms with van der Waals surface area (Å²) in [4.78, 5) is 26.9. The summed E-state index contributed by atoms with van der Waals surface area (Å²) < 4.78 is 29.7. The molecule has 156 valence electrons. The molecule has 1 fully saturated rings. The first kappa shape index (κ1) is 19.9. The average Bonchev–Trinajstić information content (AvgIpc) is 2.76. The average molecular weight is 411 g/mol. The number of amides is 1. The van der Waals surface area contributed by atoms with Crippen molar-refractivity contribution in [1.82, 2.24) is 4.90 Å². The zero-order chi connectivity index (χ0) is 21.1. The first-order chi connectivity index (χ1) is 14.5. The Hall–Kier alpha value is -3.35. The quantitative estimate of drug-likeness (QED) is 0.618.